The minimum Gasteiger partial charge on any atom is -0.490 e. The zero-order valence-electron chi connectivity index (χ0n) is 15.4. The van der Waals surface area contributed by atoms with Gasteiger partial charge in [-0.05, 0) is 42.7 Å². The number of carbonyl (C=O) groups excluding carboxylic acids is 1. The fourth-order valence-electron chi connectivity index (χ4n) is 3.54. The topological polar surface area (TPSA) is 63.7 Å². The molecule has 0 radical (unpaired) electrons. The second kappa shape index (κ2) is 8.39. The van der Waals surface area contributed by atoms with E-state index in [1.807, 2.05) is 17.0 Å². The summed E-state index contributed by atoms with van der Waals surface area (Å²) >= 11 is 0. The molecule has 2 aromatic rings. The lowest BCUT2D eigenvalue weighted by molar-refractivity contribution is 0.0704. The van der Waals surface area contributed by atoms with Crippen LogP contribution in [0.25, 0.3) is 0 Å². The van der Waals surface area contributed by atoms with Crippen molar-refractivity contribution < 1.29 is 14.3 Å². The highest BCUT2D eigenvalue weighted by Gasteiger charge is 2.23. The number of pyridine rings is 1. The maximum Gasteiger partial charge on any atom is 0.255 e. The highest BCUT2D eigenvalue weighted by Crippen LogP contribution is 2.30. The van der Waals surface area contributed by atoms with E-state index < -0.39 is 0 Å². The molecule has 1 fully saturated rings. The Kier molecular flexibility index (Phi) is 5.53. The number of rotatable bonds is 4. The number of benzene rings is 1. The number of hydrogen-bond acceptors (Lipinski definition) is 5. The molecule has 1 saturated heterocycles. The molecule has 0 spiro atoms. The minimum absolute atomic E-state index is 0.0736. The van der Waals surface area contributed by atoms with E-state index in [-0.39, 0.29) is 5.91 Å². The van der Waals surface area contributed by atoms with Crippen molar-refractivity contribution in [2.75, 3.05) is 26.3 Å². The molecule has 2 aliphatic heterocycles. The van der Waals surface area contributed by atoms with Crippen molar-refractivity contribution in [1.29, 1.82) is 0 Å². The van der Waals surface area contributed by atoms with Crippen LogP contribution in [0.5, 0.6) is 11.5 Å². The molecule has 1 aromatic heterocycles. The van der Waals surface area contributed by atoms with Crippen LogP contribution in [0.2, 0.25) is 0 Å². The van der Waals surface area contributed by atoms with Gasteiger partial charge < -0.3 is 19.7 Å². The molecule has 0 aliphatic carbocycles. The largest absolute Gasteiger partial charge is 0.490 e. The Hall–Kier alpha value is -2.60. The first-order valence-corrected chi connectivity index (χ1v) is 9.61. The molecule has 1 amide bonds. The second-order valence-corrected chi connectivity index (χ2v) is 7.02. The van der Waals surface area contributed by atoms with E-state index in [2.05, 4.69) is 22.4 Å². The predicted octanol–water partition coefficient (Wildman–Crippen LogP) is 2.64. The number of nitrogens with zero attached hydrogens (tertiary/aromatic N) is 2. The molecule has 0 unspecified atom stereocenters. The van der Waals surface area contributed by atoms with E-state index in [1.165, 1.54) is 5.56 Å². The smallest absolute Gasteiger partial charge is 0.255 e. The molecule has 1 aromatic carbocycles. The number of aromatic nitrogens is 1. The van der Waals surface area contributed by atoms with Crippen molar-refractivity contribution in [2.24, 2.45) is 0 Å². The van der Waals surface area contributed by atoms with Gasteiger partial charge in [0.05, 0.1) is 18.8 Å². The lowest BCUT2D eigenvalue weighted by atomic mass is 10.0. The molecule has 6 nitrogen and oxygen atoms in total. The summed E-state index contributed by atoms with van der Waals surface area (Å²) in [5, 5.41) is 3.61. The Balaban J connectivity index is 1.27. The fourth-order valence-corrected chi connectivity index (χ4v) is 3.54. The van der Waals surface area contributed by atoms with E-state index >= 15 is 0 Å². The Morgan fingerprint density at radius 1 is 1.15 bits per heavy atom. The van der Waals surface area contributed by atoms with Gasteiger partial charge in [-0.3, -0.25) is 9.78 Å². The fraction of sp³-hybridized carbons (Fsp3) is 0.429. The molecule has 3 heterocycles. The van der Waals surface area contributed by atoms with E-state index in [0.29, 0.717) is 24.8 Å². The summed E-state index contributed by atoms with van der Waals surface area (Å²) in [6.07, 6.45) is 6.15. The van der Waals surface area contributed by atoms with E-state index in [0.717, 1.165) is 50.4 Å². The van der Waals surface area contributed by atoms with Crippen LogP contribution in [0, 0.1) is 0 Å². The molecule has 1 N–H and O–H groups in total. The molecule has 6 heteroatoms. The maximum atomic E-state index is 12.5. The lowest BCUT2D eigenvalue weighted by Crippen LogP contribution is -2.44. The Morgan fingerprint density at radius 3 is 2.74 bits per heavy atom. The zero-order chi connectivity index (χ0) is 18.5. The summed E-state index contributed by atoms with van der Waals surface area (Å²) in [6, 6.07) is 10.2. The van der Waals surface area contributed by atoms with Crippen molar-refractivity contribution in [3.8, 4) is 11.5 Å². The van der Waals surface area contributed by atoms with Gasteiger partial charge in [-0.25, -0.2) is 0 Å². The number of piperidine rings is 1. The summed E-state index contributed by atoms with van der Waals surface area (Å²) in [7, 11) is 0. The number of fused-ring (bicyclic) bond motifs is 1. The predicted molar refractivity (Wildman–Crippen MR) is 102 cm³/mol. The number of nitrogens with one attached hydrogen (secondary N) is 1. The number of likely N-dealkylation sites (tertiary alicyclic amines) is 1. The Bertz CT molecular complexity index is 773. The van der Waals surface area contributed by atoms with Gasteiger partial charge in [0.25, 0.3) is 5.91 Å². The normalized spacial score (nSPS) is 17.4. The van der Waals surface area contributed by atoms with E-state index in [4.69, 9.17) is 9.47 Å². The summed E-state index contributed by atoms with van der Waals surface area (Å²) in [5.74, 6) is 1.74. The van der Waals surface area contributed by atoms with Crippen molar-refractivity contribution in [3.05, 3.63) is 53.9 Å². The van der Waals surface area contributed by atoms with Gasteiger partial charge in [0, 0.05) is 44.5 Å². The van der Waals surface area contributed by atoms with Crippen molar-refractivity contribution >= 4 is 5.91 Å². The van der Waals surface area contributed by atoms with Crippen molar-refractivity contribution in [1.82, 2.24) is 15.2 Å². The van der Waals surface area contributed by atoms with Crippen LogP contribution in [-0.2, 0) is 6.54 Å². The summed E-state index contributed by atoms with van der Waals surface area (Å²) in [5.41, 5.74) is 1.85. The van der Waals surface area contributed by atoms with Crippen molar-refractivity contribution in [2.45, 2.75) is 31.8 Å². The number of amides is 1. The van der Waals surface area contributed by atoms with Gasteiger partial charge in [-0.2, -0.15) is 0 Å². The molecule has 27 heavy (non-hydrogen) atoms. The Morgan fingerprint density at radius 2 is 1.96 bits per heavy atom. The molecule has 142 valence electrons. The monoisotopic (exact) mass is 367 g/mol. The minimum atomic E-state index is 0.0736. The average Bonchev–Trinajstić information content (AvgIpc) is 2.98. The second-order valence-electron chi connectivity index (χ2n) is 7.02. The third-order valence-electron chi connectivity index (χ3n) is 5.10. The zero-order valence-corrected chi connectivity index (χ0v) is 15.4. The van der Waals surface area contributed by atoms with Crippen LogP contribution in [-0.4, -0.2) is 48.1 Å². The molecule has 0 atom stereocenters. The highest BCUT2D eigenvalue weighted by atomic mass is 16.5. The molecule has 0 bridgehead atoms. The first-order valence-electron chi connectivity index (χ1n) is 9.61. The first-order chi connectivity index (χ1) is 13.3. The number of carbonyl (C=O) groups is 1. The van der Waals surface area contributed by atoms with Gasteiger partial charge in [-0.1, -0.05) is 6.07 Å². The number of ether oxygens (including phenoxy) is 2. The van der Waals surface area contributed by atoms with Crippen LogP contribution >= 0.6 is 0 Å². The van der Waals surface area contributed by atoms with Crippen LogP contribution in [0.3, 0.4) is 0 Å². The van der Waals surface area contributed by atoms with E-state index in [9.17, 15) is 4.79 Å². The van der Waals surface area contributed by atoms with Crippen LogP contribution in [0.15, 0.2) is 42.7 Å². The van der Waals surface area contributed by atoms with Gasteiger partial charge >= 0.3 is 0 Å². The summed E-state index contributed by atoms with van der Waals surface area (Å²) in [6.45, 7) is 3.74. The molecule has 4 rings (SSSR count). The lowest BCUT2D eigenvalue weighted by Gasteiger charge is -2.32. The van der Waals surface area contributed by atoms with Gasteiger partial charge in [0.1, 0.15) is 0 Å². The van der Waals surface area contributed by atoms with Gasteiger partial charge in [-0.15, -0.1) is 0 Å². The molecule has 0 saturated carbocycles. The van der Waals surface area contributed by atoms with Gasteiger partial charge in [0.2, 0.25) is 0 Å². The first kappa shape index (κ1) is 17.8. The van der Waals surface area contributed by atoms with Gasteiger partial charge in [0.15, 0.2) is 11.5 Å². The Labute approximate surface area is 159 Å². The van der Waals surface area contributed by atoms with Crippen molar-refractivity contribution in [3.63, 3.8) is 0 Å². The summed E-state index contributed by atoms with van der Waals surface area (Å²) < 4.78 is 11.4. The number of hydrogen-bond donors (Lipinski definition) is 1. The molecular formula is C21H25N3O3. The molecule has 2 aliphatic rings. The summed E-state index contributed by atoms with van der Waals surface area (Å²) in [4.78, 5) is 18.4. The third kappa shape index (κ3) is 4.39. The van der Waals surface area contributed by atoms with E-state index in [1.54, 1.807) is 18.5 Å². The average molecular weight is 367 g/mol. The maximum absolute atomic E-state index is 12.5. The van der Waals surface area contributed by atoms with Crippen LogP contribution in [0.1, 0.15) is 35.2 Å². The highest BCUT2D eigenvalue weighted by molar-refractivity contribution is 5.93. The quantitative estimate of drug-likeness (QED) is 0.900. The van der Waals surface area contributed by atoms with Crippen LogP contribution < -0.4 is 14.8 Å². The third-order valence-corrected chi connectivity index (χ3v) is 5.10. The molecular weight excluding hydrogens is 342 g/mol. The van der Waals surface area contributed by atoms with Crippen LogP contribution in [0.4, 0.5) is 0 Å². The standard InChI is InChI=1S/C21H25N3O3/c25-21(17-3-1-8-22-15-17)24-9-6-18(7-10-24)23-14-16-4-5-19-20(13-16)27-12-2-11-26-19/h1,3-5,8,13,15,18,23H,2,6-7,9-12,14H2. The SMILES string of the molecule is O=C(c1cccnc1)N1CCC(NCc2ccc3c(c2)OCCCO3)CC1.